The van der Waals surface area contributed by atoms with Crippen LogP contribution in [0.5, 0.6) is 0 Å². The number of esters is 1. The lowest BCUT2D eigenvalue weighted by atomic mass is 9.64. The fourth-order valence-corrected chi connectivity index (χ4v) is 6.59. The average Bonchev–Trinajstić information content (AvgIpc) is 2.69. The van der Waals surface area contributed by atoms with Gasteiger partial charge in [-0.15, -0.1) is 0 Å². The molecule has 0 spiro atoms. The van der Waals surface area contributed by atoms with Gasteiger partial charge in [-0.25, -0.2) is 0 Å². The van der Waals surface area contributed by atoms with Gasteiger partial charge >= 0.3 is 5.97 Å². The minimum Gasteiger partial charge on any atom is -0.462 e. The van der Waals surface area contributed by atoms with E-state index in [0.29, 0.717) is 0 Å². The fraction of sp³-hybridized carbons (Fsp3) is 0.960. The minimum absolute atomic E-state index is 0.134. The van der Waals surface area contributed by atoms with Gasteiger partial charge in [0.1, 0.15) is 6.10 Å². The van der Waals surface area contributed by atoms with Crippen molar-refractivity contribution in [2.24, 2.45) is 35.5 Å². The van der Waals surface area contributed by atoms with E-state index in [0.717, 1.165) is 55.3 Å². The van der Waals surface area contributed by atoms with Crippen LogP contribution in [0.4, 0.5) is 0 Å². The van der Waals surface area contributed by atoms with Crippen LogP contribution in [0, 0.1) is 35.5 Å². The van der Waals surface area contributed by atoms with Crippen molar-refractivity contribution in [1.82, 2.24) is 0 Å². The van der Waals surface area contributed by atoms with Crippen LogP contribution in [0.25, 0.3) is 0 Å². The summed E-state index contributed by atoms with van der Waals surface area (Å²) in [4.78, 5) is 12.7. The lowest BCUT2D eigenvalue weighted by molar-refractivity contribution is -0.157. The highest BCUT2D eigenvalue weighted by Crippen LogP contribution is 2.45. The van der Waals surface area contributed by atoms with Gasteiger partial charge in [0.15, 0.2) is 0 Å². The summed E-state index contributed by atoms with van der Waals surface area (Å²) in [5, 5.41) is 0. The van der Waals surface area contributed by atoms with Crippen molar-refractivity contribution >= 4 is 5.97 Å². The second kappa shape index (κ2) is 10.3. The molecule has 3 fully saturated rings. The molecule has 0 radical (unpaired) electrons. The first-order chi connectivity index (χ1) is 13.1. The maximum atomic E-state index is 12.7. The number of carbonyl (C=O) groups is 1. The molecule has 0 aromatic carbocycles. The molecule has 0 aromatic rings. The van der Waals surface area contributed by atoms with E-state index in [-0.39, 0.29) is 18.0 Å². The van der Waals surface area contributed by atoms with Gasteiger partial charge in [-0.2, -0.15) is 0 Å². The van der Waals surface area contributed by atoms with E-state index in [1.165, 1.54) is 64.2 Å². The Morgan fingerprint density at radius 1 is 0.852 bits per heavy atom. The van der Waals surface area contributed by atoms with Crippen LogP contribution in [0.2, 0.25) is 0 Å². The first-order valence-corrected chi connectivity index (χ1v) is 12.3. The summed E-state index contributed by atoms with van der Waals surface area (Å²) < 4.78 is 5.95. The van der Waals surface area contributed by atoms with E-state index in [9.17, 15) is 4.79 Å². The molecule has 0 unspecified atom stereocenters. The van der Waals surface area contributed by atoms with Crippen LogP contribution < -0.4 is 0 Å². The van der Waals surface area contributed by atoms with E-state index in [1.807, 2.05) is 0 Å². The third kappa shape index (κ3) is 5.73. The Hall–Kier alpha value is -0.530. The fourth-order valence-electron chi connectivity index (χ4n) is 6.59. The summed E-state index contributed by atoms with van der Waals surface area (Å²) in [5.74, 6) is 4.84. The zero-order chi connectivity index (χ0) is 19.2. The number of rotatable bonds is 6. The van der Waals surface area contributed by atoms with E-state index in [1.54, 1.807) is 0 Å². The van der Waals surface area contributed by atoms with E-state index in [4.69, 9.17) is 4.74 Å². The Morgan fingerprint density at radius 2 is 1.52 bits per heavy atom. The molecule has 27 heavy (non-hydrogen) atoms. The van der Waals surface area contributed by atoms with Gasteiger partial charge < -0.3 is 4.74 Å². The number of carbonyl (C=O) groups excluding carboxylic acids is 1. The summed E-state index contributed by atoms with van der Waals surface area (Å²) in [7, 11) is 0. The topological polar surface area (TPSA) is 26.3 Å². The molecule has 3 aliphatic carbocycles. The number of ether oxygens (including phenoxy) is 1. The summed E-state index contributed by atoms with van der Waals surface area (Å²) in [6, 6.07) is 0. The first kappa shape index (κ1) is 21.2. The molecule has 2 heteroatoms. The molecule has 0 saturated heterocycles. The molecule has 0 aliphatic heterocycles. The third-order valence-corrected chi connectivity index (χ3v) is 8.41. The maximum absolute atomic E-state index is 12.7. The Morgan fingerprint density at radius 3 is 2.11 bits per heavy atom. The van der Waals surface area contributed by atoms with Gasteiger partial charge in [0.2, 0.25) is 0 Å². The van der Waals surface area contributed by atoms with Crippen molar-refractivity contribution in [3.8, 4) is 0 Å². The van der Waals surface area contributed by atoms with Crippen LogP contribution in [0.15, 0.2) is 0 Å². The van der Waals surface area contributed by atoms with Gasteiger partial charge in [0.05, 0.1) is 5.92 Å². The van der Waals surface area contributed by atoms with Crippen LogP contribution in [-0.2, 0) is 9.53 Å². The highest BCUT2D eigenvalue weighted by molar-refractivity contribution is 5.72. The molecule has 3 saturated carbocycles. The standard InChI is InChI=1S/C25H44O2/c1-4-6-20-7-14-23(15-8-20)27-25(26)22-12-10-21(11-13-22)24-16-9-19(5-2)17-18(24)3/h18-24H,4-17H2,1-3H3/t18-,19+,20?,21-,22-,23?,24-/m1/s1. The highest BCUT2D eigenvalue weighted by Gasteiger charge is 2.37. The van der Waals surface area contributed by atoms with Crippen molar-refractivity contribution in [2.45, 2.75) is 117 Å². The van der Waals surface area contributed by atoms with Crippen molar-refractivity contribution in [2.75, 3.05) is 0 Å². The number of hydrogen-bond acceptors (Lipinski definition) is 2. The van der Waals surface area contributed by atoms with Crippen LogP contribution >= 0.6 is 0 Å². The monoisotopic (exact) mass is 376 g/mol. The molecule has 3 rings (SSSR count). The molecule has 0 heterocycles. The van der Waals surface area contributed by atoms with E-state index >= 15 is 0 Å². The van der Waals surface area contributed by atoms with Crippen molar-refractivity contribution < 1.29 is 9.53 Å². The molecular formula is C25H44O2. The van der Waals surface area contributed by atoms with Gasteiger partial charge in [-0.1, -0.05) is 46.5 Å². The lowest BCUT2D eigenvalue weighted by Gasteiger charge is -2.41. The van der Waals surface area contributed by atoms with Gasteiger partial charge in [-0.3, -0.25) is 4.79 Å². The van der Waals surface area contributed by atoms with Crippen molar-refractivity contribution in [3.05, 3.63) is 0 Å². The van der Waals surface area contributed by atoms with E-state index in [2.05, 4.69) is 20.8 Å². The molecule has 3 atom stereocenters. The van der Waals surface area contributed by atoms with Crippen LogP contribution in [0.1, 0.15) is 111 Å². The molecule has 0 bridgehead atoms. The largest absolute Gasteiger partial charge is 0.462 e. The zero-order valence-electron chi connectivity index (χ0n) is 18.3. The minimum atomic E-state index is 0.134. The zero-order valence-corrected chi connectivity index (χ0v) is 18.3. The van der Waals surface area contributed by atoms with Crippen molar-refractivity contribution in [1.29, 1.82) is 0 Å². The van der Waals surface area contributed by atoms with Gasteiger partial charge in [0, 0.05) is 0 Å². The molecule has 0 amide bonds. The van der Waals surface area contributed by atoms with Crippen LogP contribution in [0.3, 0.4) is 0 Å². The first-order valence-electron chi connectivity index (χ1n) is 12.3. The Balaban J connectivity index is 1.38. The predicted molar refractivity (Wildman–Crippen MR) is 112 cm³/mol. The Kier molecular flexibility index (Phi) is 8.09. The normalized spacial score (nSPS) is 40.5. The molecule has 0 N–H and O–H groups in total. The summed E-state index contributed by atoms with van der Waals surface area (Å²) in [6.07, 6.45) is 17.9. The van der Waals surface area contributed by atoms with Gasteiger partial charge in [0.25, 0.3) is 0 Å². The second-order valence-electron chi connectivity index (χ2n) is 10.2. The Bertz CT molecular complexity index is 443. The maximum Gasteiger partial charge on any atom is 0.309 e. The smallest absolute Gasteiger partial charge is 0.309 e. The quantitative estimate of drug-likeness (QED) is 0.460. The van der Waals surface area contributed by atoms with Gasteiger partial charge in [-0.05, 0) is 93.8 Å². The molecule has 3 aliphatic rings. The van der Waals surface area contributed by atoms with Crippen molar-refractivity contribution in [3.63, 3.8) is 0 Å². The predicted octanol–water partition coefficient (Wildman–Crippen LogP) is 7.16. The SMILES string of the molecule is CCCC1CCC(OC(=O)[C@H]2CC[C@H]([C@@H]3CC[C@H](CC)C[C@H]3C)CC2)CC1. The highest BCUT2D eigenvalue weighted by atomic mass is 16.5. The molecule has 0 aromatic heterocycles. The lowest BCUT2D eigenvalue weighted by Crippen LogP contribution is -2.34. The molecular weight excluding hydrogens is 332 g/mol. The Labute approximate surface area is 168 Å². The molecule has 2 nitrogen and oxygen atoms in total. The molecule has 156 valence electrons. The summed E-state index contributed by atoms with van der Waals surface area (Å²) >= 11 is 0. The third-order valence-electron chi connectivity index (χ3n) is 8.41. The summed E-state index contributed by atoms with van der Waals surface area (Å²) in [6.45, 7) is 7.12. The second-order valence-corrected chi connectivity index (χ2v) is 10.2. The average molecular weight is 377 g/mol. The van der Waals surface area contributed by atoms with E-state index < -0.39 is 0 Å². The number of hydrogen-bond donors (Lipinski definition) is 0. The van der Waals surface area contributed by atoms with Crippen LogP contribution in [-0.4, -0.2) is 12.1 Å². The summed E-state index contributed by atoms with van der Waals surface area (Å²) in [5.41, 5.74) is 0.